The molecule has 0 unspecified atom stereocenters. The molecule has 1 heterocycles. The number of benzene rings is 1. The van der Waals surface area contributed by atoms with Gasteiger partial charge in [-0.3, -0.25) is 0 Å². The monoisotopic (exact) mass is 313 g/mol. The highest BCUT2D eigenvalue weighted by Gasteiger charge is 2.14. The van der Waals surface area contributed by atoms with Gasteiger partial charge in [-0.15, -0.1) is 0 Å². The minimum atomic E-state index is -3.53. The predicted molar refractivity (Wildman–Crippen MR) is 76.4 cm³/mol. The summed E-state index contributed by atoms with van der Waals surface area (Å²) in [6, 6.07) is 8.60. The van der Waals surface area contributed by atoms with Crippen LogP contribution in [0.2, 0.25) is 5.15 Å². The number of nitrogens with one attached hydrogen (secondary N) is 1. The van der Waals surface area contributed by atoms with Gasteiger partial charge in [0.15, 0.2) is 0 Å². The van der Waals surface area contributed by atoms with E-state index < -0.39 is 9.84 Å². The minimum absolute atomic E-state index is 0.0397. The van der Waals surface area contributed by atoms with Crippen LogP contribution in [0.25, 0.3) is 0 Å². The normalized spacial score (nSPS) is 11.2. The lowest BCUT2D eigenvalue weighted by Gasteiger charge is -2.10. The molecule has 1 aromatic heterocycles. The van der Waals surface area contributed by atoms with Crippen molar-refractivity contribution in [2.24, 2.45) is 0 Å². The summed E-state index contributed by atoms with van der Waals surface area (Å²) in [6.45, 7) is 0. The van der Waals surface area contributed by atoms with Crippen LogP contribution in [0.5, 0.6) is 5.75 Å². The molecule has 0 aliphatic rings. The molecule has 0 bridgehead atoms. The summed E-state index contributed by atoms with van der Waals surface area (Å²) >= 11 is 5.81. The molecule has 0 spiro atoms. The van der Waals surface area contributed by atoms with Crippen LogP contribution < -0.4 is 10.1 Å². The van der Waals surface area contributed by atoms with Gasteiger partial charge in [0.2, 0.25) is 15.0 Å². The smallest absolute Gasteiger partial charge is 0.250 e. The summed E-state index contributed by atoms with van der Waals surface area (Å²) < 4.78 is 28.1. The highest BCUT2D eigenvalue weighted by atomic mass is 35.5. The van der Waals surface area contributed by atoms with Gasteiger partial charge < -0.3 is 10.1 Å². The van der Waals surface area contributed by atoms with Crippen molar-refractivity contribution in [2.75, 3.05) is 18.7 Å². The lowest BCUT2D eigenvalue weighted by Crippen LogP contribution is -2.06. The fourth-order valence-electron chi connectivity index (χ4n) is 1.51. The Bertz CT molecular complexity index is 734. The number of sulfone groups is 1. The van der Waals surface area contributed by atoms with Gasteiger partial charge in [-0.05, 0) is 12.1 Å². The van der Waals surface area contributed by atoms with Crippen LogP contribution in [0.4, 0.5) is 11.5 Å². The van der Waals surface area contributed by atoms with E-state index in [0.29, 0.717) is 11.4 Å². The van der Waals surface area contributed by atoms with Gasteiger partial charge in [0.05, 0.1) is 12.8 Å². The van der Waals surface area contributed by atoms with Crippen molar-refractivity contribution < 1.29 is 13.2 Å². The highest BCUT2D eigenvalue weighted by molar-refractivity contribution is 7.90. The van der Waals surface area contributed by atoms with E-state index in [2.05, 4.69) is 15.3 Å². The average Bonchev–Trinajstić information content (AvgIpc) is 2.37. The Morgan fingerprint density at radius 1 is 1.25 bits per heavy atom. The molecule has 8 heteroatoms. The van der Waals surface area contributed by atoms with Crippen molar-refractivity contribution >= 4 is 32.9 Å². The minimum Gasteiger partial charge on any atom is -0.495 e. The van der Waals surface area contributed by atoms with Gasteiger partial charge in [0.1, 0.15) is 16.7 Å². The van der Waals surface area contributed by atoms with Crippen molar-refractivity contribution in [3.05, 3.63) is 35.5 Å². The number of methoxy groups -OCH3 is 1. The van der Waals surface area contributed by atoms with Crippen LogP contribution >= 0.6 is 11.6 Å². The zero-order valence-corrected chi connectivity index (χ0v) is 12.4. The Labute approximate surface area is 121 Å². The van der Waals surface area contributed by atoms with E-state index in [-0.39, 0.29) is 16.1 Å². The summed E-state index contributed by atoms with van der Waals surface area (Å²) in [6.07, 6.45) is 1.02. The molecule has 0 fully saturated rings. The summed E-state index contributed by atoms with van der Waals surface area (Å²) in [4.78, 5) is 7.61. The van der Waals surface area contributed by atoms with Gasteiger partial charge in [-0.2, -0.15) is 0 Å². The molecule has 0 aliphatic heterocycles. The van der Waals surface area contributed by atoms with Crippen molar-refractivity contribution in [2.45, 2.75) is 5.16 Å². The maximum atomic E-state index is 11.5. The number of hydrogen-bond donors (Lipinski definition) is 1. The third-order valence-corrected chi connectivity index (χ3v) is 3.42. The second-order valence-corrected chi connectivity index (χ2v) is 6.25. The molecule has 2 aromatic rings. The summed E-state index contributed by atoms with van der Waals surface area (Å²) in [5, 5.41) is 2.66. The summed E-state index contributed by atoms with van der Waals surface area (Å²) in [5.41, 5.74) is 0.643. The predicted octanol–water partition coefficient (Wildman–Crippen LogP) is 2.29. The number of rotatable bonds is 4. The quantitative estimate of drug-likeness (QED) is 0.689. The van der Waals surface area contributed by atoms with E-state index >= 15 is 0 Å². The van der Waals surface area contributed by atoms with E-state index in [1.807, 2.05) is 12.1 Å². The third kappa shape index (κ3) is 3.37. The number of anilines is 2. The third-order valence-electron chi connectivity index (χ3n) is 2.38. The van der Waals surface area contributed by atoms with Gasteiger partial charge >= 0.3 is 0 Å². The first-order valence-electron chi connectivity index (χ1n) is 5.55. The maximum absolute atomic E-state index is 11.5. The number of hydrogen-bond acceptors (Lipinski definition) is 6. The van der Waals surface area contributed by atoms with Gasteiger partial charge in [-0.1, -0.05) is 23.7 Å². The Hall–Kier alpha value is -1.86. The molecule has 106 valence electrons. The zero-order valence-electron chi connectivity index (χ0n) is 10.8. The van der Waals surface area contributed by atoms with Gasteiger partial charge in [0.25, 0.3) is 0 Å². The number of nitrogens with zero attached hydrogens (tertiary/aromatic N) is 2. The molecule has 1 N–H and O–H groups in total. The van der Waals surface area contributed by atoms with Crippen LogP contribution in [0, 0.1) is 0 Å². The molecule has 0 saturated heterocycles. The maximum Gasteiger partial charge on any atom is 0.250 e. The van der Waals surface area contributed by atoms with Gasteiger partial charge in [0, 0.05) is 12.3 Å². The van der Waals surface area contributed by atoms with Crippen molar-refractivity contribution in [3.63, 3.8) is 0 Å². The molecule has 6 nitrogen and oxygen atoms in total. The molecular weight excluding hydrogens is 302 g/mol. The van der Waals surface area contributed by atoms with E-state index in [4.69, 9.17) is 16.3 Å². The largest absolute Gasteiger partial charge is 0.495 e. The summed E-state index contributed by atoms with van der Waals surface area (Å²) in [7, 11) is -2.00. The number of halogens is 1. The first-order chi connectivity index (χ1) is 9.40. The van der Waals surface area contributed by atoms with E-state index in [1.165, 1.54) is 13.2 Å². The Morgan fingerprint density at radius 2 is 1.95 bits per heavy atom. The number of aromatic nitrogens is 2. The number of ether oxygens (including phenoxy) is 1. The standard InChI is InChI=1S/C12H12ClN3O3S/c1-19-9-6-4-3-5-8(9)14-11-7-10(13)15-12(16-11)20(2,17)18/h3-7H,1-2H3,(H,14,15,16). The first-order valence-corrected chi connectivity index (χ1v) is 7.82. The topological polar surface area (TPSA) is 81.2 Å². The molecule has 20 heavy (non-hydrogen) atoms. The fraction of sp³-hybridized carbons (Fsp3) is 0.167. The second kappa shape index (κ2) is 5.64. The Kier molecular flexibility index (Phi) is 4.10. The zero-order chi connectivity index (χ0) is 14.8. The second-order valence-electron chi connectivity index (χ2n) is 3.96. The van der Waals surface area contributed by atoms with Crippen molar-refractivity contribution in [3.8, 4) is 5.75 Å². The van der Waals surface area contributed by atoms with E-state index in [1.54, 1.807) is 12.1 Å². The van der Waals surface area contributed by atoms with Crippen LogP contribution in [0.1, 0.15) is 0 Å². The van der Waals surface area contributed by atoms with Gasteiger partial charge in [-0.25, -0.2) is 18.4 Å². The lowest BCUT2D eigenvalue weighted by atomic mass is 10.3. The van der Waals surface area contributed by atoms with E-state index in [9.17, 15) is 8.42 Å². The Balaban J connectivity index is 2.42. The van der Waals surface area contributed by atoms with Crippen LogP contribution in [0.15, 0.2) is 35.5 Å². The van der Waals surface area contributed by atoms with Crippen LogP contribution in [-0.2, 0) is 9.84 Å². The highest BCUT2D eigenvalue weighted by Crippen LogP contribution is 2.27. The van der Waals surface area contributed by atoms with Crippen LogP contribution in [0.3, 0.4) is 0 Å². The SMILES string of the molecule is COc1ccccc1Nc1cc(Cl)nc(S(C)(=O)=O)n1. The fourth-order valence-corrected chi connectivity index (χ4v) is 2.27. The molecule has 0 atom stereocenters. The first kappa shape index (κ1) is 14.5. The molecule has 0 radical (unpaired) electrons. The Morgan fingerprint density at radius 3 is 2.60 bits per heavy atom. The number of para-hydroxylation sites is 2. The lowest BCUT2D eigenvalue weighted by molar-refractivity contribution is 0.417. The molecular formula is C12H12ClN3O3S. The average molecular weight is 314 g/mol. The summed E-state index contributed by atoms with van der Waals surface area (Å²) in [5.74, 6) is 0.873. The van der Waals surface area contributed by atoms with Crippen LogP contribution in [-0.4, -0.2) is 31.8 Å². The van der Waals surface area contributed by atoms with Crippen molar-refractivity contribution in [1.82, 2.24) is 9.97 Å². The molecule has 2 rings (SSSR count). The van der Waals surface area contributed by atoms with Crippen molar-refractivity contribution in [1.29, 1.82) is 0 Å². The van der Waals surface area contributed by atoms with E-state index in [0.717, 1.165) is 6.26 Å². The molecule has 0 saturated carbocycles. The molecule has 0 amide bonds. The molecule has 1 aromatic carbocycles. The molecule has 0 aliphatic carbocycles.